The number of benzene rings is 1. The molecular weight excluding hydrogens is 326 g/mol. The molecule has 0 saturated heterocycles. The summed E-state index contributed by atoms with van der Waals surface area (Å²) in [6, 6.07) is 2.17. The Hall–Kier alpha value is -2.48. The zero-order valence-electron chi connectivity index (χ0n) is 14.7. The first-order valence-corrected chi connectivity index (χ1v) is 8.33. The Bertz CT molecular complexity index is 569. The summed E-state index contributed by atoms with van der Waals surface area (Å²) in [5.41, 5.74) is 0.0543. The molecule has 1 rings (SSSR count). The molecule has 0 heterocycles. The quantitative estimate of drug-likeness (QED) is 0.396. The van der Waals surface area contributed by atoms with E-state index in [-0.39, 0.29) is 11.5 Å². The predicted octanol–water partition coefficient (Wildman–Crippen LogP) is 0.771. The molecule has 5 N–H and O–H groups in total. The predicted molar refractivity (Wildman–Crippen MR) is 93.8 cm³/mol. The molecule has 0 aliphatic carbocycles. The summed E-state index contributed by atoms with van der Waals surface area (Å²) in [6.07, 6.45) is 2.42. The summed E-state index contributed by atoms with van der Waals surface area (Å²) in [7, 11) is 1.88. The Balaban J connectivity index is 2.27. The van der Waals surface area contributed by atoms with E-state index in [1.807, 2.05) is 18.9 Å². The minimum absolute atomic E-state index is 0.0514. The topological polar surface area (TPSA) is 122 Å². The first kappa shape index (κ1) is 20.6. The molecule has 1 aromatic carbocycles. The van der Waals surface area contributed by atoms with E-state index in [4.69, 9.17) is 0 Å². The van der Waals surface area contributed by atoms with Crippen molar-refractivity contribution in [2.75, 3.05) is 33.2 Å². The van der Waals surface area contributed by atoms with Crippen LogP contribution in [0, 0.1) is 0 Å². The first-order chi connectivity index (χ1) is 11.8. The van der Waals surface area contributed by atoms with E-state index in [0.717, 1.165) is 25.0 Å². The molecule has 0 atom stereocenters. The second kappa shape index (κ2) is 10.4. The van der Waals surface area contributed by atoms with E-state index < -0.39 is 23.2 Å². The fourth-order valence-electron chi connectivity index (χ4n) is 2.12. The van der Waals surface area contributed by atoms with E-state index in [1.54, 1.807) is 0 Å². The van der Waals surface area contributed by atoms with Crippen molar-refractivity contribution in [3.8, 4) is 17.2 Å². The molecule has 1 aromatic rings. The molecule has 0 aliphatic rings. The summed E-state index contributed by atoms with van der Waals surface area (Å²) in [5, 5.41) is 33.6. The van der Waals surface area contributed by atoms with E-state index in [1.165, 1.54) is 0 Å². The van der Waals surface area contributed by atoms with E-state index in [2.05, 4.69) is 10.6 Å². The van der Waals surface area contributed by atoms with Crippen molar-refractivity contribution in [3.05, 3.63) is 17.7 Å². The lowest BCUT2D eigenvalue weighted by Gasteiger charge is -2.17. The largest absolute Gasteiger partial charge is 0.504 e. The summed E-state index contributed by atoms with van der Waals surface area (Å²) in [4.78, 5) is 25.4. The molecule has 0 fully saturated rings. The number of aromatic hydroxyl groups is 3. The van der Waals surface area contributed by atoms with Gasteiger partial charge < -0.3 is 30.9 Å². The van der Waals surface area contributed by atoms with Crippen molar-refractivity contribution in [1.82, 2.24) is 15.5 Å². The molecule has 8 heteroatoms. The highest BCUT2D eigenvalue weighted by Crippen LogP contribution is 2.35. The molecule has 0 bridgehead atoms. The molecule has 0 radical (unpaired) electrons. The lowest BCUT2D eigenvalue weighted by atomic mass is 10.1. The molecular formula is C17H27N3O5. The van der Waals surface area contributed by atoms with Crippen LogP contribution in [0.4, 0.5) is 0 Å². The number of phenols is 3. The van der Waals surface area contributed by atoms with Gasteiger partial charge in [0.15, 0.2) is 17.2 Å². The summed E-state index contributed by atoms with van der Waals surface area (Å²) < 4.78 is 0. The molecule has 25 heavy (non-hydrogen) atoms. The zero-order chi connectivity index (χ0) is 18.8. The van der Waals surface area contributed by atoms with Crippen LogP contribution in [0.25, 0.3) is 0 Å². The third-order valence-corrected chi connectivity index (χ3v) is 3.68. The molecule has 0 spiro atoms. The van der Waals surface area contributed by atoms with Crippen molar-refractivity contribution >= 4 is 11.8 Å². The maximum atomic E-state index is 12.0. The second-order valence-electron chi connectivity index (χ2n) is 5.88. The fraction of sp³-hybridized carbons (Fsp3) is 0.529. The Kier molecular flexibility index (Phi) is 8.55. The van der Waals surface area contributed by atoms with Gasteiger partial charge in [-0.2, -0.15) is 0 Å². The van der Waals surface area contributed by atoms with Crippen molar-refractivity contribution in [2.24, 2.45) is 0 Å². The van der Waals surface area contributed by atoms with Crippen molar-refractivity contribution in [2.45, 2.75) is 26.2 Å². The monoisotopic (exact) mass is 353 g/mol. The van der Waals surface area contributed by atoms with Gasteiger partial charge in [-0.3, -0.25) is 9.59 Å². The number of likely N-dealkylation sites (N-methyl/N-ethyl adjacent to an activating group) is 1. The molecule has 0 saturated carbocycles. The third-order valence-electron chi connectivity index (χ3n) is 3.68. The smallest absolute Gasteiger partial charge is 0.251 e. The molecule has 8 nitrogen and oxygen atoms in total. The number of nitrogens with one attached hydrogen (secondary N) is 2. The number of rotatable bonds is 10. The number of carbonyl (C=O) groups is 2. The van der Waals surface area contributed by atoms with Crippen LogP contribution in [0.3, 0.4) is 0 Å². The molecule has 2 amide bonds. The van der Waals surface area contributed by atoms with Gasteiger partial charge in [0.1, 0.15) is 0 Å². The van der Waals surface area contributed by atoms with Crippen LogP contribution in [-0.4, -0.2) is 65.3 Å². The first-order valence-electron chi connectivity index (χ1n) is 8.33. The van der Waals surface area contributed by atoms with Gasteiger partial charge >= 0.3 is 0 Å². The van der Waals surface area contributed by atoms with Crippen LogP contribution < -0.4 is 10.6 Å². The van der Waals surface area contributed by atoms with Gasteiger partial charge in [-0.05, 0) is 25.6 Å². The number of unbranched alkanes of at least 4 members (excludes halogenated alkanes) is 1. The van der Waals surface area contributed by atoms with Gasteiger partial charge in [-0.15, -0.1) is 0 Å². The Morgan fingerprint density at radius 3 is 2.16 bits per heavy atom. The van der Waals surface area contributed by atoms with Crippen LogP contribution in [0.2, 0.25) is 0 Å². The van der Waals surface area contributed by atoms with Gasteiger partial charge in [0.25, 0.3) is 5.91 Å². The van der Waals surface area contributed by atoms with Gasteiger partial charge in [0.05, 0.1) is 0 Å². The van der Waals surface area contributed by atoms with E-state index in [9.17, 15) is 24.9 Å². The van der Waals surface area contributed by atoms with Crippen molar-refractivity contribution < 1.29 is 24.9 Å². The highest BCUT2D eigenvalue weighted by Gasteiger charge is 2.13. The van der Waals surface area contributed by atoms with Gasteiger partial charge in [-0.25, -0.2) is 0 Å². The average molecular weight is 353 g/mol. The number of carbonyl (C=O) groups excluding carboxylic acids is 2. The average Bonchev–Trinajstić information content (AvgIpc) is 2.57. The van der Waals surface area contributed by atoms with Crippen LogP contribution in [0.5, 0.6) is 17.2 Å². The SMILES string of the molecule is CCCCC(=O)NCCN(C)CCNC(=O)c1cc(O)c(O)c(O)c1. The maximum absolute atomic E-state index is 12.0. The maximum Gasteiger partial charge on any atom is 0.251 e. The van der Waals surface area contributed by atoms with Crippen LogP contribution >= 0.6 is 0 Å². The lowest BCUT2D eigenvalue weighted by Crippen LogP contribution is -2.37. The highest BCUT2D eigenvalue weighted by molar-refractivity contribution is 5.95. The second-order valence-corrected chi connectivity index (χ2v) is 5.88. The minimum atomic E-state index is -0.655. The summed E-state index contributed by atoms with van der Waals surface area (Å²) in [6.45, 7) is 4.19. The van der Waals surface area contributed by atoms with Crippen LogP contribution in [0.1, 0.15) is 36.5 Å². The van der Waals surface area contributed by atoms with E-state index in [0.29, 0.717) is 32.6 Å². The molecule has 0 aromatic heterocycles. The standard InChI is InChI=1S/C17H27N3O5/c1-3-4-5-15(23)18-6-8-20(2)9-7-19-17(25)12-10-13(21)16(24)14(22)11-12/h10-11,21-22,24H,3-9H2,1-2H3,(H,18,23)(H,19,25). The van der Waals surface area contributed by atoms with Crippen LogP contribution in [-0.2, 0) is 4.79 Å². The number of amides is 2. The Morgan fingerprint density at radius 1 is 1.04 bits per heavy atom. The minimum Gasteiger partial charge on any atom is -0.504 e. The van der Waals surface area contributed by atoms with Gasteiger partial charge in [0.2, 0.25) is 5.91 Å². The Labute approximate surface area is 147 Å². The van der Waals surface area contributed by atoms with Crippen LogP contribution in [0.15, 0.2) is 12.1 Å². The highest BCUT2D eigenvalue weighted by atomic mass is 16.3. The summed E-state index contributed by atoms with van der Waals surface area (Å²) >= 11 is 0. The van der Waals surface area contributed by atoms with E-state index >= 15 is 0 Å². The van der Waals surface area contributed by atoms with Gasteiger partial charge in [0, 0.05) is 38.2 Å². The van der Waals surface area contributed by atoms with Gasteiger partial charge in [-0.1, -0.05) is 13.3 Å². The molecule has 0 unspecified atom stereocenters. The molecule has 140 valence electrons. The molecule has 0 aliphatic heterocycles. The van der Waals surface area contributed by atoms with Crippen molar-refractivity contribution in [1.29, 1.82) is 0 Å². The normalized spacial score (nSPS) is 10.7. The fourth-order valence-corrected chi connectivity index (χ4v) is 2.12. The third kappa shape index (κ3) is 7.30. The zero-order valence-corrected chi connectivity index (χ0v) is 14.7. The Morgan fingerprint density at radius 2 is 1.60 bits per heavy atom. The summed E-state index contributed by atoms with van der Waals surface area (Å²) in [5.74, 6) is -2.18. The number of hydrogen-bond donors (Lipinski definition) is 5. The number of nitrogens with zero attached hydrogens (tertiary/aromatic N) is 1. The van der Waals surface area contributed by atoms with Crippen molar-refractivity contribution in [3.63, 3.8) is 0 Å². The number of hydrogen-bond acceptors (Lipinski definition) is 6. The lowest BCUT2D eigenvalue weighted by molar-refractivity contribution is -0.121. The number of phenolic OH excluding ortho intramolecular Hbond substituents is 3.